The number of nitrogens with zero attached hydrogens (tertiary/aromatic N) is 1. The molecule has 0 heterocycles. The summed E-state index contributed by atoms with van der Waals surface area (Å²) in [5.74, 6) is 0.143. The van der Waals surface area contributed by atoms with E-state index in [1.807, 2.05) is 24.3 Å². The van der Waals surface area contributed by atoms with Crippen molar-refractivity contribution in [2.75, 3.05) is 0 Å². The summed E-state index contributed by atoms with van der Waals surface area (Å²) in [6.45, 7) is 0. The lowest BCUT2D eigenvalue weighted by molar-refractivity contribution is 0.486. The van der Waals surface area contributed by atoms with Gasteiger partial charge in [-0.1, -0.05) is 72.3 Å². The number of benzene rings is 4. The van der Waals surface area contributed by atoms with Gasteiger partial charge in [0.2, 0.25) is 0 Å². The van der Waals surface area contributed by atoms with Crippen molar-refractivity contribution in [2.45, 2.75) is 4.90 Å². The fraction of sp³-hybridized carbons (Fsp3) is 0. The Kier molecular flexibility index (Phi) is 5.77. The van der Waals surface area contributed by atoms with Crippen LogP contribution in [0.2, 0.25) is 5.02 Å². The molecule has 4 nitrogen and oxygen atoms in total. The van der Waals surface area contributed by atoms with Crippen molar-refractivity contribution < 1.29 is 12.6 Å². The second-order valence-electron chi connectivity index (χ2n) is 6.73. The molecule has 0 spiro atoms. The molecule has 4 aromatic rings. The zero-order chi connectivity index (χ0) is 21.8. The molecule has 0 saturated carbocycles. The van der Waals surface area contributed by atoms with Gasteiger partial charge in [-0.3, -0.25) is 0 Å². The Morgan fingerprint density at radius 2 is 1.55 bits per heavy atom. The number of hydrogen-bond acceptors (Lipinski definition) is 4. The topological polar surface area (TPSA) is 67.2 Å². The van der Waals surface area contributed by atoms with Crippen LogP contribution in [0.4, 0.5) is 0 Å². The molecule has 0 unspecified atom stereocenters. The van der Waals surface area contributed by atoms with Gasteiger partial charge in [0.1, 0.15) is 4.90 Å². The van der Waals surface area contributed by atoms with Crippen LogP contribution in [0.5, 0.6) is 5.75 Å². The summed E-state index contributed by atoms with van der Waals surface area (Å²) in [6.07, 6.45) is 1.64. The summed E-state index contributed by atoms with van der Waals surface area (Å²) in [5, 5.41) is 12.0. The van der Waals surface area contributed by atoms with Gasteiger partial charge in [0.05, 0.1) is 11.6 Å². The van der Waals surface area contributed by atoms with Crippen molar-refractivity contribution in [3.05, 3.63) is 107 Å². The van der Waals surface area contributed by atoms with Crippen LogP contribution in [0.25, 0.3) is 22.4 Å². The SMILES string of the molecule is N#C/C(=C\c1c(OS(=O)(=O)c2ccccc2)ccc2ccccc12)c1ccc(Cl)cc1. The molecule has 0 fully saturated rings. The highest BCUT2D eigenvalue weighted by molar-refractivity contribution is 7.87. The molecule has 152 valence electrons. The van der Waals surface area contributed by atoms with Gasteiger partial charge in [-0.05, 0) is 52.7 Å². The van der Waals surface area contributed by atoms with E-state index in [4.69, 9.17) is 15.8 Å². The zero-order valence-electron chi connectivity index (χ0n) is 16.2. The first-order chi connectivity index (χ1) is 15.0. The molecular formula is C25H16ClNO3S. The van der Waals surface area contributed by atoms with Crippen LogP contribution in [0.3, 0.4) is 0 Å². The van der Waals surface area contributed by atoms with Gasteiger partial charge in [-0.2, -0.15) is 13.7 Å². The fourth-order valence-corrected chi connectivity index (χ4v) is 4.30. The highest BCUT2D eigenvalue weighted by Gasteiger charge is 2.19. The maximum atomic E-state index is 12.8. The summed E-state index contributed by atoms with van der Waals surface area (Å²) in [5.41, 5.74) is 1.52. The summed E-state index contributed by atoms with van der Waals surface area (Å²) in [4.78, 5) is 0.0521. The minimum absolute atomic E-state index is 0.0521. The fourth-order valence-electron chi connectivity index (χ4n) is 3.20. The molecule has 0 N–H and O–H groups in total. The van der Waals surface area contributed by atoms with Gasteiger partial charge in [0, 0.05) is 10.6 Å². The standard InChI is InChI=1S/C25H16ClNO3S/c26-21-13-10-18(11-14-21)20(17-27)16-24-23-9-5-4-6-19(23)12-15-25(24)30-31(28,29)22-7-2-1-3-8-22/h1-16H/b20-16+. The lowest BCUT2D eigenvalue weighted by Gasteiger charge is -2.13. The zero-order valence-corrected chi connectivity index (χ0v) is 17.8. The van der Waals surface area contributed by atoms with E-state index in [0.717, 1.165) is 10.8 Å². The van der Waals surface area contributed by atoms with Crippen LogP contribution in [0.1, 0.15) is 11.1 Å². The first-order valence-electron chi connectivity index (χ1n) is 9.37. The van der Waals surface area contributed by atoms with Crippen molar-refractivity contribution in [1.82, 2.24) is 0 Å². The van der Waals surface area contributed by atoms with Gasteiger partial charge in [-0.25, -0.2) is 0 Å². The molecule has 0 radical (unpaired) electrons. The predicted molar refractivity (Wildman–Crippen MR) is 123 cm³/mol. The maximum Gasteiger partial charge on any atom is 0.339 e. The lowest BCUT2D eigenvalue weighted by Crippen LogP contribution is -2.10. The third kappa shape index (κ3) is 4.46. The third-order valence-electron chi connectivity index (χ3n) is 4.73. The Hall–Kier alpha value is -3.59. The van der Waals surface area contributed by atoms with Crippen LogP contribution in [-0.2, 0) is 10.1 Å². The largest absolute Gasteiger partial charge is 0.378 e. The van der Waals surface area contributed by atoms with E-state index in [0.29, 0.717) is 21.7 Å². The Bertz CT molecular complexity index is 1420. The average molecular weight is 446 g/mol. The van der Waals surface area contributed by atoms with Crippen molar-refractivity contribution in [3.8, 4) is 11.8 Å². The monoisotopic (exact) mass is 445 g/mol. The minimum Gasteiger partial charge on any atom is -0.378 e. The highest BCUT2D eigenvalue weighted by atomic mass is 35.5. The summed E-state index contributed by atoms with van der Waals surface area (Å²) < 4.78 is 31.2. The Morgan fingerprint density at radius 3 is 2.26 bits per heavy atom. The van der Waals surface area contributed by atoms with Crippen LogP contribution >= 0.6 is 11.6 Å². The molecule has 6 heteroatoms. The van der Waals surface area contributed by atoms with Gasteiger partial charge < -0.3 is 4.18 Å². The van der Waals surface area contributed by atoms with Crippen molar-refractivity contribution >= 4 is 44.1 Å². The van der Waals surface area contributed by atoms with E-state index in [2.05, 4.69) is 6.07 Å². The summed E-state index contributed by atoms with van der Waals surface area (Å²) in [6, 6.07) is 27.9. The number of fused-ring (bicyclic) bond motifs is 1. The lowest BCUT2D eigenvalue weighted by atomic mass is 9.99. The molecule has 0 aromatic heterocycles. The molecule has 4 aromatic carbocycles. The molecule has 0 aliphatic heterocycles. The second-order valence-corrected chi connectivity index (χ2v) is 8.71. The summed E-state index contributed by atoms with van der Waals surface area (Å²) in [7, 11) is -4.05. The summed E-state index contributed by atoms with van der Waals surface area (Å²) >= 11 is 5.96. The smallest absolute Gasteiger partial charge is 0.339 e. The predicted octanol–water partition coefficient (Wildman–Crippen LogP) is 6.33. The van der Waals surface area contributed by atoms with E-state index in [9.17, 15) is 13.7 Å². The number of halogens is 1. The Labute approximate surface area is 185 Å². The van der Waals surface area contributed by atoms with Crippen LogP contribution < -0.4 is 4.18 Å². The number of allylic oxidation sites excluding steroid dienone is 1. The molecular weight excluding hydrogens is 430 g/mol. The van der Waals surface area contributed by atoms with Gasteiger partial charge in [0.25, 0.3) is 0 Å². The van der Waals surface area contributed by atoms with Crippen LogP contribution in [0, 0.1) is 11.3 Å². The highest BCUT2D eigenvalue weighted by Crippen LogP contribution is 2.33. The molecule has 0 bridgehead atoms. The normalized spacial score (nSPS) is 11.8. The van der Waals surface area contributed by atoms with Gasteiger partial charge in [-0.15, -0.1) is 0 Å². The number of rotatable bonds is 5. The first-order valence-corrected chi connectivity index (χ1v) is 11.2. The molecule has 0 saturated heterocycles. The van der Waals surface area contributed by atoms with E-state index >= 15 is 0 Å². The number of nitriles is 1. The van der Waals surface area contributed by atoms with E-state index < -0.39 is 10.1 Å². The van der Waals surface area contributed by atoms with Crippen LogP contribution in [-0.4, -0.2) is 8.42 Å². The molecule has 4 rings (SSSR count). The quantitative estimate of drug-likeness (QED) is 0.204. The van der Waals surface area contributed by atoms with Crippen LogP contribution in [0.15, 0.2) is 95.9 Å². The average Bonchev–Trinajstić information content (AvgIpc) is 2.79. The molecule has 0 aliphatic rings. The third-order valence-corrected chi connectivity index (χ3v) is 6.23. The second kappa shape index (κ2) is 8.65. The Morgan fingerprint density at radius 1 is 0.871 bits per heavy atom. The first kappa shape index (κ1) is 20.7. The maximum absolute atomic E-state index is 12.8. The minimum atomic E-state index is -4.05. The van der Waals surface area contributed by atoms with E-state index in [1.54, 1.807) is 60.7 Å². The van der Waals surface area contributed by atoms with Crippen molar-refractivity contribution in [2.24, 2.45) is 0 Å². The van der Waals surface area contributed by atoms with E-state index in [-0.39, 0.29) is 10.6 Å². The van der Waals surface area contributed by atoms with Gasteiger partial charge in [0.15, 0.2) is 5.75 Å². The number of hydrogen-bond donors (Lipinski definition) is 0. The molecule has 0 amide bonds. The molecule has 0 aliphatic carbocycles. The molecule has 0 atom stereocenters. The molecule has 31 heavy (non-hydrogen) atoms. The van der Waals surface area contributed by atoms with E-state index in [1.165, 1.54) is 12.1 Å². The Balaban J connectivity index is 1.89. The van der Waals surface area contributed by atoms with Crippen molar-refractivity contribution in [3.63, 3.8) is 0 Å². The van der Waals surface area contributed by atoms with Gasteiger partial charge >= 0.3 is 10.1 Å². The van der Waals surface area contributed by atoms with Crippen molar-refractivity contribution in [1.29, 1.82) is 5.26 Å².